The molecule has 2 rings (SSSR count). The lowest BCUT2D eigenvalue weighted by Gasteiger charge is -2.01. The number of thiazole rings is 1. The molecule has 1 atom stereocenters. The molecule has 1 aromatic heterocycles. The Labute approximate surface area is 119 Å². The molecular weight excluding hydrogens is 286 g/mol. The van der Waals surface area contributed by atoms with E-state index >= 15 is 0 Å². The first-order valence-electron chi connectivity index (χ1n) is 5.59. The van der Waals surface area contributed by atoms with Gasteiger partial charge < -0.3 is 10.6 Å². The summed E-state index contributed by atoms with van der Waals surface area (Å²) >= 11 is 7.01. The minimum atomic E-state index is -0.609. The Morgan fingerprint density at radius 2 is 2.11 bits per heavy atom. The fourth-order valence-corrected chi connectivity index (χ4v) is 2.43. The molecule has 2 aromatic rings. The number of anilines is 2. The zero-order valence-corrected chi connectivity index (χ0v) is 11.9. The number of carbonyl (C=O) groups is 2. The third-order valence-corrected chi connectivity index (χ3v) is 3.43. The minimum absolute atomic E-state index is 0.131. The molecule has 0 fully saturated rings. The van der Waals surface area contributed by atoms with Crippen LogP contribution in [0.1, 0.15) is 13.8 Å². The second-order valence-electron chi connectivity index (χ2n) is 3.99. The first-order valence-corrected chi connectivity index (χ1v) is 6.84. The first kappa shape index (κ1) is 13.8. The summed E-state index contributed by atoms with van der Waals surface area (Å²) in [5, 5.41) is 5.22. The van der Waals surface area contributed by atoms with Crippen molar-refractivity contribution < 1.29 is 9.59 Å². The van der Waals surface area contributed by atoms with Crippen LogP contribution in [-0.4, -0.2) is 22.2 Å². The van der Waals surface area contributed by atoms with Crippen LogP contribution >= 0.6 is 22.9 Å². The number of hydrogen-bond donors (Lipinski definition) is 2. The van der Waals surface area contributed by atoms with Gasteiger partial charge in [-0.05, 0) is 25.1 Å². The van der Waals surface area contributed by atoms with Crippen LogP contribution in [0, 0.1) is 0 Å². The van der Waals surface area contributed by atoms with Crippen LogP contribution in [0.4, 0.5) is 10.8 Å². The number of carbonyl (C=O) groups excluding carboxylic acids is 2. The van der Waals surface area contributed by atoms with Gasteiger partial charge in [-0.3, -0.25) is 9.59 Å². The van der Waals surface area contributed by atoms with Gasteiger partial charge in [0.1, 0.15) is 5.38 Å². The number of hydrogen-bond acceptors (Lipinski definition) is 4. The SMILES string of the molecule is CC(=O)Nc1ccc2nc(NC(=O)C(C)Cl)sc2c1. The number of fused-ring (bicyclic) bond motifs is 1. The number of alkyl halides is 1. The standard InChI is InChI=1S/C12H12ClN3O2S/c1-6(13)11(18)16-12-15-9-4-3-8(14-7(2)17)5-10(9)19-12/h3-6H,1-2H3,(H,14,17)(H,15,16,18). The van der Waals surface area contributed by atoms with Crippen molar-refractivity contribution in [2.24, 2.45) is 0 Å². The van der Waals surface area contributed by atoms with Gasteiger partial charge in [-0.25, -0.2) is 4.98 Å². The highest BCUT2D eigenvalue weighted by atomic mass is 35.5. The molecule has 19 heavy (non-hydrogen) atoms. The molecule has 5 nitrogen and oxygen atoms in total. The van der Waals surface area contributed by atoms with Crippen molar-refractivity contribution in [1.82, 2.24) is 4.98 Å². The molecule has 0 aliphatic carbocycles. The van der Waals surface area contributed by atoms with E-state index in [1.165, 1.54) is 18.3 Å². The summed E-state index contributed by atoms with van der Waals surface area (Å²) in [5.41, 5.74) is 1.46. The van der Waals surface area contributed by atoms with E-state index < -0.39 is 5.38 Å². The normalized spacial score (nSPS) is 12.2. The average Bonchev–Trinajstić information content (AvgIpc) is 2.69. The highest BCUT2D eigenvalue weighted by Crippen LogP contribution is 2.28. The number of nitrogens with one attached hydrogen (secondary N) is 2. The minimum Gasteiger partial charge on any atom is -0.326 e. The van der Waals surface area contributed by atoms with Gasteiger partial charge in [0.15, 0.2) is 5.13 Å². The molecule has 0 radical (unpaired) electrons. The van der Waals surface area contributed by atoms with Crippen molar-refractivity contribution in [3.63, 3.8) is 0 Å². The lowest BCUT2D eigenvalue weighted by Crippen LogP contribution is -2.19. The maximum atomic E-state index is 11.5. The smallest absolute Gasteiger partial charge is 0.243 e. The highest BCUT2D eigenvalue weighted by molar-refractivity contribution is 7.22. The molecule has 1 heterocycles. The van der Waals surface area contributed by atoms with E-state index in [4.69, 9.17) is 11.6 Å². The maximum Gasteiger partial charge on any atom is 0.243 e. The van der Waals surface area contributed by atoms with Crippen molar-refractivity contribution >= 4 is 55.8 Å². The van der Waals surface area contributed by atoms with Gasteiger partial charge in [0.05, 0.1) is 10.2 Å². The first-order chi connectivity index (χ1) is 8.95. The molecule has 100 valence electrons. The summed E-state index contributed by atoms with van der Waals surface area (Å²) in [5.74, 6) is -0.420. The van der Waals surface area contributed by atoms with Crippen molar-refractivity contribution in [3.05, 3.63) is 18.2 Å². The average molecular weight is 298 g/mol. The van der Waals surface area contributed by atoms with Gasteiger partial charge in [-0.15, -0.1) is 11.6 Å². The van der Waals surface area contributed by atoms with E-state index in [9.17, 15) is 9.59 Å². The molecule has 2 N–H and O–H groups in total. The molecule has 0 spiro atoms. The Kier molecular flexibility index (Phi) is 4.01. The third kappa shape index (κ3) is 3.42. The molecular formula is C12H12ClN3O2S. The monoisotopic (exact) mass is 297 g/mol. The van der Waals surface area contributed by atoms with E-state index in [1.807, 2.05) is 6.07 Å². The molecule has 1 aromatic carbocycles. The van der Waals surface area contributed by atoms with E-state index in [0.717, 1.165) is 10.2 Å². The Morgan fingerprint density at radius 3 is 2.74 bits per heavy atom. The van der Waals surface area contributed by atoms with Gasteiger partial charge in [0.2, 0.25) is 11.8 Å². The predicted molar refractivity (Wildman–Crippen MR) is 77.9 cm³/mol. The molecule has 0 saturated heterocycles. The molecule has 0 aliphatic heterocycles. The summed E-state index contributed by atoms with van der Waals surface area (Å²) < 4.78 is 0.878. The van der Waals surface area contributed by atoms with Crippen LogP contribution in [0.5, 0.6) is 0 Å². The lowest BCUT2D eigenvalue weighted by atomic mass is 10.3. The number of amides is 2. The fourth-order valence-electron chi connectivity index (χ4n) is 1.46. The maximum absolute atomic E-state index is 11.5. The van der Waals surface area contributed by atoms with Crippen molar-refractivity contribution in [2.75, 3.05) is 10.6 Å². The Morgan fingerprint density at radius 1 is 1.37 bits per heavy atom. The summed E-state index contributed by atoms with van der Waals surface area (Å²) in [7, 11) is 0. The summed E-state index contributed by atoms with van der Waals surface area (Å²) in [4.78, 5) is 26.7. The summed E-state index contributed by atoms with van der Waals surface area (Å²) in [6.45, 7) is 3.05. The molecule has 1 unspecified atom stereocenters. The van der Waals surface area contributed by atoms with E-state index in [0.29, 0.717) is 10.8 Å². The van der Waals surface area contributed by atoms with Gasteiger partial charge >= 0.3 is 0 Å². The zero-order valence-electron chi connectivity index (χ0n) is 10.4. The second-order valence-corrected chi connectivity index (χ2v) is 5.67. The summed E-state index contributed by atoms with van der Waals surface area (Å²) in [6.07, 6.45) is 0. The molecule has 2 amide bonds. The highest BCUT2D eigenvalue weighted by Gasteiger charge is 2.12. The van der Waals surface area contributed by atoms with E-state index in [2.05, 4.69) is 15.6 Å². The van der Waals surface area contributed by atoms with Crippen LogP contribution in [0.15, 0.2) is 18.2 Å². The lowest BCUT2D eigenvalue weighted by molar-refractivity contribution is -0.116. The van der Waals surface area contributed by atoms with E-state index in [1.54, 1.807) is 19.1 Å². The number of nitrogens with zero attached hydrogens (tertiary/aromatic N) is 1. The largest absolute Gasteiger partial charge is 0.326 e. The Balaban J connectivity index is 2.25. The van der Waals surface area contributed by atoms with Gasteiger partial charge in [0, 0.05) is 12.6 Å². The number of rotatable bonds is 3. The molecule has 0 aliphatic rings. The van der Waals surface area contributed by atoms with E-state index in [-0.39, 0.29) is 11.8 Å². The quantitative estimate of drug-likeness (QED) is 0.856. The molecule has 0 saturated carbocycles. The fraction of sp³-hybridized carbons (Fsp3) is 0.250. The van der Waals surface area contributed by atoms with Crippen molar-refractivity contribution in [3.8, 4) is 0 Å². The second kappa shape index (κ2) is 5.54. The van der Waals surface area contributed by atoms with Gasteiger partial charge in [-0.2, -0.15) is 0 Å². The summed E-state index contributed by atoms with van der Waals surface area (Å²) in [6, 6.07) is 5.37. The predicted octanol–water partition coefficient (Wildman–Crippen LogP) is 2.82. The number of halogens is 1. The van der Waals surface area contributed by atoms with Crippen molar-refractivity contribution in [2.45, 2.75) is 19.2 Å². The topological polar surface area (TPSA) is 71.1 Å². The Bertz CT molecular complexity index is 639. The zero-order chi connectivity index (χ0) is 14.0. The number of aromatic nitrogens is 1. The van der Waals surface area contributed by atoms with Crippen LogP contribution in [-0.2, 0) is 9.59 Å². The van der Waals surface area contributed by atoms with Crippen LogP contribution in [0.25, 0.3) is 10.2 Å². The van der Waals surface area contributed by atoms with Crippen LogP contribution in [0.3, 0.4) is 0 Å². The molecule has 0 bridgehead atoms. The van der Waals surface area contributed by atoms with Crippen molar-refractivity contribution in [1.29, 1.82) is 0 Å². The number of benzene rings is 1. The van der Waals surface area contributed by atoms with Crippen LogP contribution < -0.4 is 10.6 Å². The van der Waals surface area contributed by atoms with Gasteiger partial charge in [-0.1, -0.05) is 11.3 Å². The van der Waals surface area contributed by atoms with Crippen LogP contribution in [0.2, 0.25) is 0 Å². The van der Waals surface area contributed by atoms with Gasteiger partial charge in [0.25, 0.3) is 0 Å². The molecule has 7 heteroatoms. The Hall–Kier alpha value is -1.66. The third-order valence-electron chi connectivity index (χ3n) is 2.30.